The highest BCUT2D eigenvalue weighted by Crippen LogP contribution is 2.25. The highest BCUT2D eigenvalue weighted by molar-refractivity contribution is 7.89. The molecule has 0 atom stereocenters. The van der Waals surface area contributed by atoms with Crippen LogP contribution in [0.2, 0.25) is 0 Å². The normalized spacial score (nSPS) is 14.6. The molecule has 0 aliphatic carbocycles. The Kier molecular flexibility index (Phi) is 4.52. The number of esters is 1. The van der Waals surface area contributed by atoms with Gasteiger partial charge in [-0.05, 0) is 41.8 Å². The molecule has 7 nitrogen and oxygen atoms in total. The molecule has 2 aromatic carbocycles. The number of hydrogen-bond acceptors (Lipinski definition) is 6. The summed E-state index contributed by atoms with van der Waals surface area (Å²) in [5.74, 6) is -0.565. The molecule has 0 fully saturated rings. The largest absolute Gasteiger partial charge is 0.465 e. The van der Waals surface area contributed by atoms with Crippen molar-refractivity contribution >= 4 is 27.0 Å². The van der Waals surface area contributed by atoms with Gasteiger partial charge in [0, 0.05) is 18.5 Å². The predicted octanol–water partition coefficient (Wildman–Crippen LogP) is 2.33. The molecular formula is C20H17NO6S. The van der Waals surface area contributed by atoms with Crippen molar-refractivity contribution in [1.82, 2.24) is 4.31 Å². The van der Waals surface area contributed by atoms with Gasteiger partial charge in [0.1, 0.15) is 5.58 Å². The summed E-state index contributed by atoms with van der Waals surface area (Å²) in [6.45, 7) is 0.469. The first-order valence-corrected chi connectivity index (χ1v) is 10.1. The van der Waals surface area contributed by atoms with Crippen molar-refractivity contribution < 1.29 is 22.4 Å². The Hall–Kier alpha value is -2.97. The van der Waals surface area contributed by atoms with Crippen molar-refractivity contribution in [2.75, 3.05) is 13.7 Å². The Balaban J connectivity index is 1.78. The molecule has 0 bridgehead atoms. The molecule has 28 heavy (non-hydrogen) atoms. The van der Waals surface area contributed by atoms with Gasteiger partial charge in [0.05, 0.1) is 12.7 Å². The number of sulfonamides is 1. The third kappa shape index (κ3) is 3.10. The first kappa shape index (κ1) is 18.4. The fourth-order valence-corrected chi connectivity index (χ4v) is 4.79. The summed E-state index contributed by atoms with van der Waals surface area (Å²) in [4.78, 5) is 23.7. The second-order valence-electron chi connectivity index (χ2n) is 6.50. The van der Waals surface area contributed by atoms with Crippen LogP contribution >= 0.6 is 0 Å². The van der Waals surface area contributed by atoms with E-state index in [9.17, 15) is 18.0 Å². The second-order valence-corrected chi connectivity index (χ2v) is 8.41. The van der Waals surface area contributed by atoms with Crippen LogP contribution in [-0.4, -0.2) is 32.3 Å². The fourth-order valence-electron chi connectivity index (χ4n) is 3.34. The Morgan fingerprint density at radius 1 is 1.11 bits per heavy atom. The maximum atomic E-state index is 13.1. The predicted molar refractivity (Wildman–Crippen MR) is 102 cm³/mol. The number of benzene rings is 2. The van der Waals surface area contributed by atoms with Crippen molar-refractivity contribution in [2.24, 2.45) is 0 Å². The van der Waals surface area contributed by atoms with E-state index in [2.05, 4.69) is 4.74 Å². The van der Waals surface area contributed by atoms with Crippen molar-refractivity contribution in [1.29, 1.82) is 0 Å². The maximum absolute atomic E-state index is 13.1. The summed E-state index contributed by atoms with van der Waals surface area (Å²) in [7, 11) is -2.80. The molecule has 0 spiro atoms. The lowest BCUT2D eigenvalue weighted by Crippen LogP contribution is -2.37. The Bertz CT molecular complexity index is 1250. The average Bonchev–Trinajstić information content (AvgIpc) is 2.71. The van der Waals surface area contributed by atoms with Crippen molar-refractivity contribution in [3.8, 4) is 0 Å². The van der Waals surface area contributed by atoms with Crippen molar-refractivity contribution in [3.05, 3.63) is 75.6 Å². The molecule has 0 unspecified atom stereocenters. The van der Waals surface area contributed by atoms with Gasteiger partial charge in [-0.1, -0.05) is 24.3 Å². The molecule has 0 saturated heterocycles. The molecule has 2 heterocycles. The molecule has 1 aliphatic heterocycles. The van der Waals surface area contributed by atoms with E-state index < -0.39 is 26.5 Å². The van der Waals surface area contributed by atoms with Gasteiger partial charge < -0.3 is 9.15 Å². The van der Waals surface area contributed by atoms with Gasteiger partial charge >= 0.3 is 11.6 Å². The molecule has 8 heteroatoms. The first-order chi connectivity index (χ1) is 13.4. The third-order valence-electron chi connectivity index (χ3n) is 4.83. The zero-order chi connectivity index (χ0) is 19.9. The van der Waals surface area contributed by atoms with E-state index in [1.807, 2.05) is 24.3 Å². The van der Waals surface area contributed by atoms with Crippen LogP contribution < -0.4 is 5.63 Å². The minimum absolute atomic E-state index is 0.193. The SMILES string of the molecule is COC(=O)c1ccc2oc(=O)c(S(=O)(=O)N3CCc4ccccc4C3)cc2c1. The van der Waals surface area contributed by atoms with Crippen LogP contribution in [0.5, 0.6) is 0 Å². The Morgan fingerprint density at radius 2 is 1.86 bits per heavy atom. The van der Waals surface area contributed by atoms with Gasteiger partial charge in [-0.3, -0.25) is 0 Å². The molecule has 0 radical (unpaired) electrons. The molecule has 0 saturated carbocycles. The van der Waals surface area contributed by atoms with Gasteiger partial charge in [-0.15, -0.1) is 0 Å². The van der Waals surface area contributed by atoms with Gasteiger partial charge in [0.2, 0.25) is 0 Å². The molecule has 0 N–H and O–H groups in total. The number of rotatable bonds is 3. The molecule has 144 valence electrons. The standard InChI is InChI=1S/C20H17NO6S/c1-26-19(22)14-6-7-17-16(10-14)11-18(20(23)27-17)28(24,25)21-9-8-13-4-2-3-5-15(13)12-21/h2-7,10-11H,8-9,12H2,1H3. The number of hydrogen-bond donors (Lipinski definition) is 0. The van der Waals surface area contributed by atoms with E-state index in [4.69, 9.17) is 4.42 Å². The lowest BCUT2D eigenvalue weighted by molar-refractivity contribution is 0.0601. The summed E-state index contributed by atoms with van der Waals surface area (Å²) in [6.07, 6.45) is 0.570. The van der Waals surface area contributed by atoms with Crippen LogP contribution in [0.4, 0.5) is 0 Å². The van der Waals surface area contributed by atoms with Crippen LogP contribution in [0.15, 0.2) is 62.6 Å². The maximum Gasteiger partial charge on any atom is 0.356 e. The van der Waals surface area contributed by atoms with Crippen LogP contribution in [0.3, 0.4) is 0 Å². The molecule has 3 aromatic rings. The van der Waals surface area contributed by atoms with E-state index in [1.54, 1.807) is 0 Å². The van der Waals surface area contributed by atoms with E-state index in [1.165, 1.54) is 35.7 Å². The van der Waals surface area contributed by atoms with E-state index in [0.29, 0.717) is 11.8 Å². The summed E-state index contributed by atoms with van der Waals surface area (Å²) >= 11 is 0. The van der Waals surface area contributed by atoms with Crippen LogP contribution in [0, 0.1) is 0 Å². The summed E-state index contributed by atoms with van der Waals surface area (Å²) in [5.41, 5.74) is 1.51. The smallest absolute Gasteiger partial charge is 0.356 e. The number of nitrogens with zero attached hydrogens (tertiary/aromatic N) is 1. The quantitative estimate of drug-likeness (QED) is 0.496. The van der Waals surface area contributed by atoms with Crippen LogP contribution in [0.25, 0.3) is 11.0 Å². The minimum Gasteiger partial charge on any atom is -0.465 e. The van der Waals surface area contributed by atoms with E-state index >= 15 is 0 Å². The average molecular weight is 399 g/mol. The lowest BCUT2D eigenvalue weighted by atomic mass is 10.0. The third-order valence-corrected chi connectivity index (χ3v) is 6.67. The number of fused-ring (bicyclic) bond motifs is 2. The molecule has 0 amide bonds. The van der Waals surface area contributed by atoms with Crippen LogP contribution in [-0.2, 0) is 27.7 Å². The molecule has 4 rings (SSSR count). The van der Waals surface area contributed by atoms with Crippen molar-refractivity contribution in [2.45, 2.75) is 17.9 Å². The number of ether oxygens (including phenoxy) is 1. The first-order valence-electron chi connectivity index (χ1n) is 8.63. The van der Waals surface area contributed by atoms with E-state index in [-0.39, 0.29) is 24.2 Å². The molecule has 1 aromatic heterocycles. The highest BCUT2D eigenvalue weighted by Gasteiger charge is 2.31. The summed E-state index contributed by atoms with van der Waals surface area (Å²) in [6, 6.07) is 13.2. The van der Waals surface area contributed by atoms with E-state index in [0.717, 1.165) is 11.1 Å². The van der Waals surface area contributed by atoms with Gasteiger partial charge in [-0.25, -0.2) is 18.0 Å². The fraction of sp³-hybridized carbons (Fsp3) is 0.200. The topological polar surface area (TPSA) is 93.9 Å². The highest BCUT2D eigenvalue weighted by atomic mass is 32.2. The van der Waals surface area contributed by atoms with Gasteiger partial charge in [0.25, 0.3) is 10.0 Å². The summed E-state index contributed by atoms with van der Waals surface area (Å²) < 4.78 is 37.4. The second kappa shape index (κ2) is 6.88. The molecule has 1 aliphatic rings. The number of carbonyl (C=O) groups is 1. The summed E-state index contributed by atoms with van der Waals surface area (Å²) in [5, 5.41) is 0.332. The zero-order valence-corrected chi connectivity index (χ0v) is 15.9. The monoisotopic (exact) mass is 399 g/mol. The number of methoxy groups -OCH3 is 1. The van der Waals surface area contributed by atoms with Gasteiger partial charge in [-0.2, -0.15) is 4.31 Å². The van der Waals surface area contributed by atoms with Gasteiger partial charge in [0.15, 0.2) is 4.90 Å². The zero-order valence-electron chi connectivity index (χ0n) is 15.0. The van der Waals surface area contributed by atoms with Crippen LogP contribution in [0.1, 0.15) is 21.5 Å². The minimum atomic E-state index is -4.05. The Morgan fingerprint density at radius 3 is 2.61 bits per heavy atom. The molecular weight excluding hydrogens is 382 g/mol. The number of carbonyl (C=O) groups excluding carboxylic acids is 1. The lowest BCUT2D eigenvalue weighted by Gasteiger charge is -2.27. The van der Waals surface area contributed by atoms with Crippen molar-refractivity contribution in [3.63, 3.8) is 0 Å². The Labute approximate surface area is 161 Å².